The van der Waals surface area contributed by atoms with Gasteiger partial charge in [-0.25, -0.2) is 15.0 Å². The molecule has 1 amide bonds. The first-order chi connectivity index (χ1) is 10.8. The van der Waals surface area contributed by atoms with Crippen LogP contribution in [0.1, 0.15) is 30.3 Å². The highest BCUT2D eigenvalue weighted by atomic mass is 16.5. The molecule has 1 fully saturated rings. The fourth-order valence-electron chi connectivity index (χ4n) is 2.44. The van der Waals surface area contributed by atoms with Crippen molar-refractivity contribution < 1.29 is 9.53 Å². The van der Waals surface area contributed by atoms with Crippen LogP contribution in [0.25, 0.3) is 0 Å². The van der Waals surface area contributed by atoms with Crippen molar-refractivity contribution in [3.05, 3.63) is 42.5 Å². The molecule has 3 heterocycles. The highest BCUT2D eigenvalue weighted by Gasteiger charge is 2.18. The summed E-state index contributed by atoms with van der Waals surface area (Å²) < 4.78 is 7.20. The molecule has 0 aliphatic carbocycles. The van der Waals surface area contributed by atoms with Crippen molar-refractivity contribution in [2.24, 2.45) is 0 Å². The molecule has 22 heavy (non-hydrogen) atoms. The summed E-state index contributed by atoms with van der Waals surface area (Å²) in [5.41, 5.74) is 0.814. The lowest BCUT2D eigenvalue weighted by Gasteiger charge is -2.20. The zero-order chi connectivity index (χ0) is 15.2. The molecule has 3 rings (SSSR count). The number of rotatable bonds is 5. The molecule has 0 aromatic carbocycles. The zero-order valence-corrected chi connectivity index (χ0v) is 12.3. The molecule has 2 aromatic heterocycles. The van der Waals surface area contributed by atoms with Crippen LogP contribution in [0.3, 0.4) is 0 Å². The van der Waals surface area contributed by atoms with Crippen LogP contribution in [-0.4, -0.2) is 38.6 Å². The fourth-order valence-corrected chi connectivity index (χ4v) is 2.44. The first kappa shape index (κ1) is 14.6. The van der Waals surface area contributed by atoms with Crippen molar-refractivity contribution in [3.8, 4) is 0 Å². The Labute approximate surface area is 128 Å². The average molecular weight is 301 g/mol. The molecule has 116 valence electrons. The van der Waals surface area contributed by atoms with E-state index in [1.807, 2.05) is 6.07 Å². The molecule has 1 aliphatic rings. The Morgan fingerprint density at radius 2 is 2.41 bits per heavy atom. The van der Waals surface area contributed by atoms with Crippen molar-refractivity contribution in [2.75, 3.05) is 13.2 Å². The Kier molecular flexibility index (Phi) is 4.75. The lowest BCUT2D eigenvalue weighted by molar-refractivity contribution is -0.121. The van der Waals surface area contributed by atoms with Gasteiger partial charge in [-0.2, -0.15) is 0 Å². The number of aromatic nitrogens is 4. The molecule has 0 bridgehead atoms. The van der Waals surface area contributed by atoms with E-state index < -0.39 is 0 Å². The third kappa shape index (κ3) is 3.88. The standard InChI is InChI=1S/C15H19N5O2/c21-14(9-20-6-5-16-11-20)18-8-13-3-4-17-15(19-13)12-2-1-7-22-10-12/h3-6,11-12H,1-2,7-10H2,(H,18,21)/t12-/m0/s1. The Morgan fingerprint density at radius 1 is 1.45 bits per heavy atom. The van der Waals surface area contributed by atoms with Gasteiger partial charge in [-0.05, 0) is 18.9 Å². The van der Waals surface area contributed by atoms with Crippen molar-refractivity contribution >= 4 is 5.91 Å². The van der Waals surface area contributed by atoms with E-state index in [0.717, 1.165) is 31.0 Å². The maximum atomic E-state index is 11.8. The van der Waals surface area contributed by atoms with Crippen LogP contribution >= 0.6 is 0 Å². The lowest BCUT2D eigenvalue weighted by atomic mass is 10.0. The third-order valence-electron chi connectivity index (χ3n) is 3.61. The van der Waals surface area contributed by atoms with E-state index in [9.17, 15) is 4.79 Å². The second-order valence-corrected chi connectivity index (χ2v) is 5.33. The minimum absolute atomic E-state index is 0.0702. The Bertz CT molecular complexity index is 608. The van der Waals surface area contributed by atoms with Crippen LogP contribution in [0.15, 0.2) is 31.0 Å². The van der Waals surface area contributed by atoms with Crippen LogP contribution in [0.5, 0.6) is 0 Å². The van der Waals surface area contributed by atoms with Crippen LogP contribution in [-0.2, 0) is 22.6 Å². The van der Waals surface area contributed by atoms with Gasteiger partial charge in [0.25, 0.3) is 0 Å². The molecule has 1 saturated heterocycles. The number of imidazole rings is 1. The monoisotopic (exact) mass is 301 g/mol. The van der Waals surface area contributed by atoms with E-state index in [0.29, 0.717) is 13.2 Å². The van der Waals surface area contributed by atoms with E-state index >= 15 is 0 Å². The normalized spacial score (nSPS) is 18.1. The van der Waals surface area contributed by atoms with Gasteiger partial charge in [0.05, 0.1) is 25.2 Å². The van der Waals surface area contributed by atoms with E-state index in [-0.39, 0.29) is 18.4 Å². The summed E-state index contributed by atoms with van der Waals surface area (Å²) in [6, 6.07) is 1.82. The largest absolute Gasteiger partial charge is 0.381 e. The number of nitrogens with zero attached hydrogens (tertiary/aromatic N) is 4. The average Bonchev–Trinajstić information content (AvgIpc) is 3.07. The lowest BCUT2D eigenvalue weighted by Crippen LogP contribution is -2.27. The number of hydrogen-bond donors (Lipinski definition) is 1. The highest BCUT2D eigenvalue weighted by Crippen LogP contribution is 2.22. The number of hydrogen-bond acceptors (Lipinski definition) is 5. The van der Waals surface area contributed by atoms with E-state index in [2.05, 4.69) is 20.3 Å². The van der Waals surface area contributed by atoms with Gasteiger partial charge in [-0.3, -0.25) is 4.79 Å². The summed E-state index contributed by atoms with van der Waals surface area (Å²) in [6.45, 7) is 2.15. The SMILES string of the molecule is O=C(Cn1ccnc1)NCc1ccnc([C@H]2CCCOC2)n1. The van der Waals surface area contributed by atoms with E-state index in [1.54, 1.807) is 29.5 Å². The number of nitrogens with one attached hydrogen (secondary N) is 1. The summed E-state index contributed by atoms with van der Waals surface area (Å²) >= 11 is 0. The van der Waals surface area contributed by atoms with E-state index in [4.69, 9.17) is 4.74 Å². The number of amides is 1. The molecular weight excluding hydrogens is 282 g/mol. The zero-order valence-electron chi connectivity index (χ0n) is 12.3. The number of ether oxygens (including phenoxy) is 1. The second kappa shape index (κ2) is 7.13. The summed E-state index contributed by atoms with van der Waals surface area (Å²) in [7, 11) is 0. The van der Waals surface area contributed by atoms with E-state index in [1.165, 1.54) is 0 Å². The van der Waals surface area contributed by atoms with Crippen molar-refractivity contribution in [1.82, 2.24) is 24.8 Å². The predicted octanol–water partition coefficient (Wildman–Crippen LogP) is 0.883. The maximum Gasteiger partial charge on any atom is 0.240 e. The summed E-state index contributed by atoms with van der Waals surface area (Å²) in [5.74, 6) is 0.996. The third-order valence-corrected chi connectivity index (χ3v) is 3.61. The second-order valence-electron chi connectivity index (χ2n) is 5.33. The molecule has 1 N–H and O–H groups in total. The van der Waals surface area contributed by atoms with Gasteiger partial charge in [-0.15, -0.1) is 0 Å². The van der Waals surface area contributed by atoms with Gasteiger partial charge in [-0.1, -0.05) is 0 Å². The van der Waals surface area contributed by atoms with Crippen molar-refractivity contribution in [2.45, 2.75) is 31.8 Å². The molecule has 0 saturated carbocycles. The van der Waals surface area contributed by atoms with Crippen LogP contribution in [0.2, 0.25) is 0 Å². The summed E-state index contributed by atoms with van der Waals surface area (Å²) in [6.07, 6.45) is 8.86. The molecular formula is C15H19N5O2. The fraction of sp³-hybridized carbons (Fsp3) is 0.467. The number of carbonyl (C=O) groups excluding carboxylic acids is 1. The smallest absolute Gasteiger partial charge is 0.240 e. The molecule has 1 aliphatic heterocycles. The molecule has 0 radical (unpaired) electrons. The minimum atomic E-state index is -0.0702. The Balaban J connectivity index is 1.54. The van der Waals surface area contributed by atoms with Gasteiger partial charge in [0.15, 0.2) is 0 Å². The van der Waals surface area contributed by atoms with Crippen LogP contribution < -0.4 is 5.32 Å². The van der Waals surface area contributed by atoms with Gasteiger partial charge >= 0.3 is 0 Å². The van der Waals surface area contributed by atoms with Crippen molar-refractivity contribution in [3.63, 3.8) is 0 Å². The molecule has 0 unspecified atom stereocenters. The van der Waals surface area contributed by atoms with Gasteiger partial charge in [0.1, 0.15) is 12.4 Å². The van der Waals surface area contributed by atoms with Crippen LogP contribution in [0.4, 0.5) is 0 Å². The Morgan fingerprint density at radius 3 is 3.18 bits per heavy atom. The van der Waals surface area contributed by atoms with Gasteiger partial charge < -0.3 is 14.6 Å². The van der Waals surface area contributed by atoms with Gasteiger partial charge in [0, 0.05) is 31.1 Å². The Hall–Kier alpha value is -2.28. The van der Waals surface area contributed by atoms with Crippen LogP contribution in [0, 0.1) is 0 Å². The molecule has 1 atom stereocenters. The molecule has 2 aromatic rings. The summed E-state index contributed by atoms with van der Waals surface area (Å²) in [4.78, 5) is 24.6. The molecule has 7 heteroatoms. The van der Waals surface area contributed by atoms with Crippen molar-refractivity contribution in [1.29, 1.82) is 0 Å². The molecule has 0 spiro atoms. The quantitative estimate of drug-likeness (QED) is 0.886. The van der Waals surface area contributed by atoms with Gasteiger partial charge in [0.2, 0.25) is 5.91 Å². The highest BCUT2D eigenvalue weighted by molar-refractivity contribution is 5.75. The topological polar surface area (TPSA) is 81.9 Å². The first-order valence-corrected chi connectivity index (χ1v) is 7.43. The summed E-state index contributed by atoms with van der Waals surface area (Å²) in [5, 5.41) is 2.86. The maximum absolute atomic E-state index is 11.8. The molecule has 7 nitrogen and oxygen atoms in total. The first-order valence-electron chi connectivity index (χ1n) is 7.43. The predicted molar refractivity (Wildman–Crippen MR) is 78.9 cm³/mol. The number of carbonyl (C=O) groups is 1. The minimum Gasteiger partial charge on any atom is -0.381 e.